The summed E-state index contributed by atoms with van der Waals surface area (Å²) < 4.78 is 82.8. The highest BCUT2D eigenvalue weighted by Gasteiger charge is 2.34. The summed E-state index contributed by atoms with van der Waals surface area (Å²) in [5.74, 6) is -0.732. The van der Waals surface area contributed by atoms with Gasteiger partial charge >= 0.3 is 12.5 Å². The third kappa shape index (κ3) is 10.4. The lowest BCUT2D eigenvalue weighted by Crippen LogP contribution is -2.44. The van der Waals surface area contributed by atoms with Crippen LogP contribution in [0.25, 0.3) is 10.1 Å². The number of benzene rings is 3. The fraction of sp³-hybridized carbons (Fsp3) is 0.389. The van der Waals surface area contributed by atoms with Crippen molar-refractivity contribution in [3.05, 3.63) is 81.7 Å². The predicted octanol–water partition coefficient (Wildman–Crippen LogP) is 9.18. The SMILES string of the molecule is CC(C)(C)OC(=O)N1CCC(Oc2cc(OC(F)(F)F)cc(C(C)(C)c3cc(Cl)cc(NC(=O)c4cc5cc(NS(C)(=O)=O)ccc5s4)c3)c2)CC1. The fourth-order valence-electron chi connectivity index (χ4n) is 5.68. The highest BCUT2D eigenvalue weighted by Crippen LogP contribution is 2.40. The van der Waals surface area contributed by atoms with Gasteiger partial charge in [0, 0.05) is 58.5 Å². The summed E-state index contributed by atoms with van der Waals surface area (Å²) in [7, 11) is -3.48. The number of alkyl halides is 3. The van der Waals surface area contributed by atoms with Gasteiger partial charge in [-0.15, -0.1) is 24.5 Å². The Morgan fingerprint density at radius 2 is 1.54 bits per heavy atom. The third-order valence-electron chi connectivity index (χ3n) is 8.15. The number of thiophene rings is 1. The quantitative estimate of drug-likeness (QED) is 0.174. The number of amides is 2. The molecule has 0 saturated carbocycles. The average Bonchev–Trinajstić information content (AvgIpc) is 3.42. The maximum Gasteiger partial charge on any atom is 0.573 e. The minimum Gasteiger partial charge on any atom is -0.490 e. The Bertz CT molecular complexity index is 2090. The number of nitrogens with one attached hydrogen (secondary N) is 2. The second kappa shape index (κ2) is 14.7. The zero-order chi connectivity index (χ0) is 38.2. The van der Waals surface area contributed by atoms with Gasteiger partial charge < -0.3 is 24.4 Å². The van der Waals surface area contributed by atoms with E-state index in [1.807, 2.05) is 0 Å². The van der Waals surface area contributed by atoms with Crippen LogP contribution < -0.4 is 19.5 Å². The average molecular weight is 782 g/mol. The van der Waals surface area contributed by atoms with Crippen LogP contribution in [0.1, 0.15) is 68.3 Å². The van der Waals surface area contributed by atoms with E-state index in [0.29, 0.717) is 58.7 Å². The number of ether oxygens (including phenoxy) is 3. The molecule has 2 heterocycles. The summed E-state index contributed by atoms with van der Waals surface area (Å²) in [4.78, 5) is 27.8. The van der Waals surface area contributed by atoms with E-state index in [4.69, 9.17) is 21.1 Å². The first-order chi connectivity index (χ1) is 24.0. The lowest BCUT2D eigenvalue weighted by atomic mass is 9.78. The number of anilines is 2. The van der Waals surface area contributed by atoms with Crippen LogP contribution in [0.3, 0.4) is 0 Å². The number of sulfonamides is 1. The van der Waals surface area contributed by atoms with Crippen molar-refractivity contribution in [2.45, 2.75) is 70.9 Å². The summed E-state index contributed by atoms with van der Waals surface area (Å²) in [5.41, 5.74) is 0.126. The number of halogens is 4. The smallest absolute Gasteiger partial charge is 0.490 e. The summed E-state index contributed by atoms with van der Waals surface area (Å²) in [6.07, 6.45) is -3.83. The highest BCUT2D eigenvalue weighted by molar-refractivity contribution is 7.92. The minimum absolute atomic E-state index is 0.163. The number of fused-ring (bicyclic) bond motifs is 1. The molecule has 280 valence electrons. The Labute approximate surface area is 309 Å². The molecule has 10 nitrogen and oxygen atoms in total. The van der Waals surface area contributed by atoms with E-state index in [0.717, 1.165) is 11.0 Å². The fourth-order valence-corrected chi connectivity index (χ4v) is 7.41. The molecule has 2 amide bonds. The van der Waals surface area contributed by atoms with E-state index in [1.54, 1.807) is 88.0 Å². The molecule has 2 N–H and O–H groups in total. The van der Waals surface area contributed by atoms with Crippen molar-refractivity contribution in [3.8, 4) is 11.5 Å². The summed E-state index contributed by atoms with van der Waals surface area (Å²) in [6, 6.07) is 15.6. The number of nitrogens with zero attached hydrogens (tertiary/aromatic N) is 1. The standard InChI is InChI=1S/C36H39ClF3N3O7S2/c1-34(2,3)50-33(45)43-11-9-27(10-12-43)48-28-17-23(18-29(20-28)49-36(38,39)40)35(4,5)22-15-24(37)19-26(16-22)41-32(44)31-14-21-13-25(42-52(6,46)47)7-8-30(21)51-31/h7-8,13-20,27,42H,9-12H2,1-6H3,(H,41,44). The molecule has 1 fully saturated rings. The molecular weight excluding hydrogens is 743 g/mol. The van der Waals surface area contributed by atoms with E-state index >= 15 is 0 Å². The van der Waals surface area contributed by atoms with Gasteiger partial charge in [-0.05, 0) is 91.9 Å². The highest BCUT2D eigenvalue weighted by atomic mass is 35.5. The zero-order valence-corrected chi connectivity index (χ0v) is 31.7. The van der Waals surface area contributed by atoms with Crippen LogP contribution >= 0.6 is 22.9 Å². The van der Waals surface area contributed by atoms with Crippen LogP contribution in [-0.4, -0.2) is 62.7 Å². The van der Waals surface area contributed by atoms with Crippen LogP contribution in [-0.2, 0) is 20.2 Å². The molecule has 0 spiro atoms. The Morgan fingerprint density at radius 1 is 0.885 bits per heavy atom. The first-order valence-corrected chi connectivity index (χ1v) is 19.3. The van der Waals surface area contributed by atoms with Crippen molar-refractivity contribution in [3.63, 3.8) is 0 Å². The third-order valence-corrected chi connectivity index (χ3v) is 10.1. The maximum absolute atomic E-state index is 13.4. The lowest BCUT2D eigenvalue weighted by Gasteiger charge is -2.34. The Morgan fingerprint density at radius 3 is 2.17 bits per heavy atom. The normalized spacial score (nSPS) is 14.6. The predicted molar refractivity (Wildman–Crippen MR) is 196 cm³/mol. The summed E-state index contributed by atoms with van der Waals surface area (Å²) in [6.45, 7) is 9.66. The van der Waals surface area contributed by atoms with Gasteiger partial charge in [-0.1, -0.05) is 25.4 Å². The molecule has 0 atom stereocenters. The Balaban J connectivity index is 1.37. The van der Waals surface area contributed by atoms with Crippen LogP contribution in [0.2, 0.25) is 5.02 Å². The van der Waals surface area contributed by atoms with Crippen molar-refractivity contribution in [1.82, 2.24) is 4.90 Å². The number of carbonyl (C=O) groups is 2. The van der Waals surface area contributed by atoms with Crippen LogP contribution in [0, 0.1) is 0 Å². The van der Waals surface area contributed by atoms with E-state index in [9.17, 15) is 31.2 Å². The lowest BCUT2D eigenvalue weighted by molar-refractivity contribution is -0.274. The monoisotopic (exact) mass is 781 g/mol. The van der Waals surface area contributed by atoms with Crippen molar-refractivity contribution in [1.29, 1.82) is 0 Å². The molecule has 5 rings (SSSR count). The molecule has 4 aromatic rings. The number of hydrogen-bond donors (Lipinski definition) is 2. The second-order valence-electron chi connectivity index (χ2n) is 14.1. The number of carbonyl (C=O) groups excluding carboxylic acids is 2. The molecule has 0 radical (unpaired) electrons. The summed E-state index contributed by atoms with van der Waals surface area (Å²) in [5, 5.41) is 3.80. The van der Waals surface area contributed by atoms with Gasteiger partial charge in [0.15, 0.2) is 0 Å². The molecule has 52 heavy (non-hydrogen) atoms. The van der Waals surface area contributed by atoms with Crippen LogP contribution in [0.5, 0.6) is 11.5 Å². The molecule has 0 bridgehead atoms. The maximum atomic E-state index is 13.4. The first kappa shape index (κ1) is 39.0. The van der Waals surface area contributed by atoms with Gasteiger partial charge in [0.05, 0.1) is 11.1 Å². The van der Waals surface area contributed by atoms with Gasteiger partial charge in [-0.3, -0.25) is 9.52 Å². The van der Waals surface area contributed by atoms with E-state index < -0.39 is 45.2 Å². The Hall–Kier alpha value is -4.21. The summed E-state index contributed by atoms with van der Waals surface area (Å²) >= 11 is 7.74. The largest absolute Gasteiger partial charge is 0.573 e. The Kier molecular flexibility index (Phi) is 11.0. The topological polar surface area (TPSA) is 123 Å². The van der Waals surface area contributed by atoms with Gasteiger partial charge in [-0.2, -0.15) is 0 Å². The van der Waals surface area contributed by atoms with Gasteiger partial charge in [0.2, 0.25) is 10.0 Å². The van der Waals surface area contributed by atoms with E-state index in [-0.39, 0.29) is 16.9 Å². The molecule has 1 aliphatic heterocycles. The molecule has 1 aliphatic rings. The van der Waals surface area contributed by atoms with Crippen molar-refractivity contribution in [2.24, 2.45) is 0 Å². The zero-order valence-electron chi connectivity index (χ0n) is 29.3. The minimum atomic E-state index is -4.95. The van der Waals surface area contributed by atoms with Crippen LogP contribution in [0.15, 0.2) is 60.7 Å². The number of likely N-dealkylation sites (tertiary alicyclic amines) is 1. The van der Waals surface area contributed by atoms with Crippen molar-refractivity contribution < 1.29 is 45.4 Å². The van der Waals surface area contributed by atoms with E-state index in [1.165, 1.54) is 23.5 Å². The molecule has 1 aromatic heterocycles. The first-order valence-electron chi connectivity index (χ1n) is 16.2. The van der Waals surface area contributed by atoms with Crippen molar-refractivity contribution in [2.75, 3.05) is 29.4 Å². The molecule has 1 saturated heterocycles. The molecule has 16 heteroatoms. The van der Waals surface area contributed by atoms with Gasteiger partial charge in [0.1, 0.15) is 23.2 Å². The van der Waals surface area contributed by atoms with Gasteiger partial charge in [-0.25, -0.2) is 13.2 Å². The second-order valence-corrected chi connectivity index (χ2v) is 17.3. The van der Waals surface area contributed by atoms with Gasteiger partial charge in [0.25, 0.3) is 5.91 Å². The van der Waals surface area contributed by atoms with Crippen LogP contribution in [0.4, 0.5) is 29.3 Å². The number of hydrogen-bond acceptors (Lipinski definition) is 8. The number of rotatable bonds is 9. The molecular formula is C36H39ClF3N3O7S2. The molecule has 0 unspecified atom stereocenters. The number of piperidine rings is 1. The van der Waals surface area contributed by atoms with Crippen molar-refractivity contribution >= 4 is 66.4 Å². The molecule has 3 aromatic carbocycles. The van der Waals surface area contributed by atoms with E-state index in [2.05, 4.69) is 14.8 Å². The molecule has 0 aliphatic carbocycles.